The van der Waals surface area contributed by atoms with E-state index >= 15 is 0 Å². The van der Waals surface area contributed by atoms with Crippen LogP contribution in [0.5, 0.6) is 0 Å². The van der Waals surface area contributed by atoms with E-state index in [0.717, 1.165) is 24.8 Å². The molecule has 1 N–H and O–H groups in total. The molecule has 0 aliphatic rings. The summed E-state index contributed by atoms with van der Waals surface area (Å²) in [5, 5.41) is 2.93. The number of unbranched alkanes of at least 4 members (excludes halogenated alkanes) is 1. The molecular weight excluding hydrogens is 318 g/mol. The van der Waals surface area contributed by atoms with E-state index in [9.17, 15) is 9.59 Å². The summed E-state index contributed by atoms with van der Waals surface area (Å²) in [6, 6.07) is 5.53. The van der Waals surface area contributed by atoms with Crippen LogP contribution in [0.2, 0.25) is 0 Å². The van der Waals surface area contributed by atoms with Crippen LogP contribution in [-0.2, 0) is 14.3 Å². The Kier molecular flexibility index (Phi) is 8.26. The zero-order valence-electron chi connectivity index (χ0n) is 16.3. The molecule has 0 heterocycles. The fourth-order valence-corrected chi connectivity index (χ4v) is 2.43. The summed E-state index contributed by atoms with van der Waals surface area (Å²) >= 11 is 0. The van der Waals surface area contributed by atoms with E-state index in [0.29, 0.717) is 17.7 Å². The predicted molar refractivity (Wildman–Crippen MR) is 99.9 cm³/mol. The van der Waals surface area contributed by atoms with Gasteiger partial charge in [-0.1, -0.05) is 32.9 Å². The number of Topliss-reactive ketones (excluding diaryl/α,β-unsaturated/α-hetero) is 1. The summed E-state index contributed by atoms with van der Waals surface area (Å²) in [7, 11) is 3.21. The minimum absolute atomic E-state index is 0.0410. The van der Waals surface area contributed by atoms with Crippen molar-refractivity contribution in [1.82, 2.24) is 0 Å². The summed E-state index contributed by atoms with van der Waals surface area (Å²) in [6.07, 6.45) is 2.55. The third kappa shape index (κ3) is 6.59. The van der Waals surface area contributed by atoms with Crippen LogP contribution < -0.4 is 5.32 Å². The van der Waals surface area contributed by atoms with Crippen LogP contribution >= 0.6 is 0 Å². The number of nitrogens with one attached hydrogen (secondary N) is 1. The molecule has 0 saturated carbocycles. The number of ether oxygens (including phenoxy) is 2. The molecule has 0 spiro atoms. The van der Waals surface area contributed by atoms with E-state index in [-0.39, 0.29) is 18.0 Å². The third-order valence-electron chi connectivity index (χ3n) is 4.11. The van der Waals surface area contributed by atoms with E-state index in [1.165, 1.54) is 0 Å². The van der Waals surface area contributed by atoms with Crippen molar-refractivity contribution in [3.63, 3.8) is 0 Å². The van der Waals surface area contributed by atoms with Gasteiger partial charge in [-0.05, 0) is 37.8 Å². The van der Waals surface area contributed by atoms with E-state index in [2.05, 4.69) is 5.32 Å². The zero-order valence-corrected chi connectivity index (χ0v) is 16.3. The molecule has 0 aromatic heterocycles. The Balaban J connectivity index is 2.75. The highest BCUT2D eigenvalue weighted by Crippen LogP contribution is 2.25. The maximum Gasteiger partial charge on any atom is 0.229 e. The molecule has 0 radical (unpaired) electrons. The molecule has 0 bridgehead atoms. The molecule has 0 atom stereocenters. The lowest BCUT2D eigenvalue weighted by molar-refractivity contribution is -0.123. The first-order valence-electron chi connectivity index (χ1n) is 8.70. The maximum atomic E-state index is 12.6. The van der Waals surface area contributed by atoms with Crippen LogP contribution in [-0.4, -0.2) is 32.2 Å². The predicted octanol–water partition coefficient (Wildman–Crippen LogP) is 4.34. The smallest absolute Gasteiger partial charge is 0.229 e. The summed E-state index contributed by atoms with van der Waals surface area (Å²) in [5.41, 5.74) is 1.58. The summed E-state index contributed by atoms with van der Waals surface area (Å²) in [5.74, 6) is -0.0572. The van der Waals surface area contributed by atoms with Crippen molar-refractivity contribution >= 4 is 17.4 Å². The van der Waals surface area contributed by atoms with Gasteiger partial charge in [0, 0.05) is 31.6 Å². The Morgan fingerprint density at radius 1 is 1.12 bits per heavy atom. The highest BCUT2D eigenvalue weighted by Gasteiger charge is 2.24. The first kappa shape index (κ1) is 21.3. The molecule has 0 fully saturated rings. The molecule has 0 unspecified atom stereocenters. The van der Waals surface area contributed by atoms with Crippen molar-refractivity contribution in [3.05, 3.63) is 29.3 Å². The Bertz CT molecular complexity index is 586. The van der Waals surface area contributed by atoms with Crippen LogP contribution in [0.3, 0.4) is 0 Å². The number of rotatable bonds is 9. The van der Waals surface area contributed by atoms with Gasteiger partial charge in [-0.25, -0.2) is 0 Å². The number of carbonyl (C=O) groups is 2. The van der Waals surface area contributed by atoms with Crippen LogP contribution in [0.25, 0.3) is 0 Å². The van der Waals surface area contributed by atoms with E-state index in [1.54, 1.807) is 20.3 Å². The standard InChI is InChI=1S/C20H31NO4/c1-14-10-9-11-15(18(14)21-19(23)20(2,3)4)16(22)12-7-8-13-17(24-5)25-6/h9-11,17H,7-8,12-13H2,1-6H3,(H,21,23). The first-order chi connectivity index (χ1) is 11.7. The molecule has 0 aliphatic heterocycles. The molecule has 1 amide bonds. The fourth-order valence-electron chi connectivity index (χ4n) is 2.43. The quantitative estimate of drug-likeness (QED) is 0.409. The number of anilines is 1. The summed E-state index contributed by atoms with van der Waals surface area (Å²) in [4.78, 5) is 24.9. The van der Waals surface area contributed by atoms with Gasteiger partial charge in [-0.15, -0.1) is 0 Å². The topological polar surface area (TPSA) is 64.6 Å². The van der Waals surface area contributed by atoms with Crippen molar-refractivity contribution < 1.29 is 19.1 Å². The monoisotopic (exact) mass is 349 g/mol. The molecule has 25 heavy (non-hydrogen) atoms. The number of methoxy groups -OCH3 is 2. The van der Waals surface area contributed by atoms with Gasteiger partial charge in [0.25, 0.3) is 0 Å². The van der Waals surface area contributed by atoms with Gasteiger partial charge in [0.15, 0.2) is 12.1 Å². The molecule has 5 heteroatoms. The van der Waals surface area contributed by atoms with Gasteiger partial charge in [0.05, 0.1) is 5.69 Å². The number of ketones is 1. The Morgan fingerprint density at radius 2 is 1.76 bits per heavy atom. The van der Waals surface area contributed by atoms with E-state index in [4.69, 9.17) is 9.47 Å². The van der Waals surface area contributed by atoms with E-state index < -0.39 is 5.41 Å². The van der Waals surface area contributed by atoms with E-state index in [1.807, 2.05) is 39.8 Å². The van der Waals surface area contributed by atoms with Gasteiger partial charge in [0.2, 0.25) is 5.91 Å². The molecule has 140 valence electrons. The largest absolute Gasteiger partial charge is 0.356 e. The minimum atomic E-state index is -0.516. The van der Waals surface area contributed by atoms with Crippen molar-refractivity contribution in [2.45, 2.75) is 59.7 Å². The number of amides is 1. The SMILES string of the molecule is COC(CCCCC(=O)c1cccc(C)c1NC(=O)C(C)(C)C)OC. The molecule has 0 saturated heterocycles. The lowest BCUT2D eigenvalue weighted by Crippen LogP contribution is -2.28. The van der Waals surface area contributed by atoms with Crippen LogP contribution in [0.15, 0.2) is 18.2 Å². The molecule has 1 rings (SSSR count). The highest BCUT2D eigenvalue weighted by atomic mass is 16.7. The van der Waals surface area contributed by atoms with Gasteiger partial charge >= 0.3 is 0 Å². The van der Waals surface area contributed by atoms with Crippen molar-refractivity contribution in [2.24, 2.45) is 5.41 Å². The van der Waals surface area contributed by atoms with Gasteiger partial charge < -0.3 is 14.8 Å². The normalized spacial score (nSPS) is 11.6. The molecule has 0 aliphatic carbocycles. The second-order valence-electron chi connectivity index (χ2n) is 7.27. The van der Waals surface area contributed by atoms with Crippen LogP contribution in [0.4, 0.5) is 5.69 Å². The van der Waals surface area contributed by atoms with Crippen molar-refractivity contribution in [3.8, 4) is 0 Å². The Labute approximate surface area is 151 Å². The molecular formula is C20H31NO4. The minimum Gasteiger partial charge on any atom is -0.356 e. The van der Waals surface area contributed by atoms with Crippen molar-refractivity contribution in [1.29, 1.82) is 0 Å². The van der Waals surface area contributed by atoms with Crippen LogP contribution in [0.1, 0.15) is 62.4 Å². The Morgan fingerprint density at radius 3 is 2.32 bits per heavy atom. The summed E-state index contributed by atoms with van der Waals surface area (Å²) in [6.45, 7) is 7.45. The maximum absolute atomic E-state index is 12.6. The number of hydrogen-bond donors (Lipinski definition) is 1. The van der Waals surface area contributed by atoms with Gasteiger partial charge in [0.1, 0.15) is 0 Å². The highest BCUT2D eigenvalue weighted by molar-refractivity contribution is 6.06. The first-order valence-corrected chi connectivity index (χ1v) is 8.70. The number of para-hydroxylation sites is 1. The van der Waals surface area contributed by atoms with Crippen molar-refractivity contribution in [2.75, 3.05) is 19.5 Å². The number of carbonyl (C=O) groups excluding carboxylic acids is 2. The lowest BCUT2D eigenvalue weighted by Gasteiger charge is -2.20. The average Bonchev–Trinajstić information content (AvgIpc) is 2.55. The lowest BCUT2D eigenvalue weighted by atomic mass is 9.94. The number of aryl methyl sites for hydroxylation is 1. The molecule has 1 aromatic carbocycles. The van der Waals surface area contributed by atoms with Gasteiger partial charge in [-0.3, -0.25) is 9.59 Å². The second kappa shape index (κ2) is 9.68. The molecule has 5 nitrogen and oxygen atoms in total. The average molecular weight is 349 g/mol. The second-order valence-corrected chi connectivity index (χ2v) is 7.27. The Hall–Kier alpha value is -1.72. The summed E-state index contributed by atoms with van der Waals surface area (Å²) < 4.78 is 10.3. The zero-order chi connectivity index (χ0) is 19.0. The molecule has 1 aromatic rings. The van der Waals surface area contributed by atoms with Crippen LogP contribution in [0, 0.1) is 12.3 Å². The number of benzene rings is 1. The van der Waals surface area contributed by atoms with Gasteiger partial charge in [-0.2, -0.15) is 0 Å². The fraction of sp³-hybridized carbons (Fsp3) is 0.600. The number of hydrogen-bond acceptors (Lipinski definition) is 4. The third-order valence-corrected chi connectivity index (χ3v) is 4.11.